The van der Waals surface area contributed by atoms with E-state index >= 15 is 0 Å². The summed E-state index contributed by atoms with van der Waals surface area (Å²) in [5, 5.41) is 12.2. The third-order valence-electron chi connectivity index (χ3n) is 4.77. The van der Waals surface area contributed by atoms with Gasteiger partial charge in [0.05, 0.1) is 38.2 Å². The minimum atomic E-state index is -0.202. The van der Waals surface area contributed by atoms with Gasteiger partial charge in [-0.25, -0.2) is 4.98 Å². The van der Waals surface area contributed by atoms with E-state index in [9.17, 15) is 4.79 Å². The first kappa shape index (κ1) is 18.6. The second kappa shape index (κ2) is 7.44. The van der Waals surface area contributed by atoms with E-state index in [-0.39, 0.29) is 5.56 Å². The molecule has 0 saturated heterocycles. The molecule has 0 bridgehead atoms. The fourth-order valence-corrected chi connectivity index (χ4v) is 3.64. The second-order valence-electron chi connectivity index (χ2n) is 6.67. The summed E-state index contributed by atoms with van der Waals surface area (Å²) in [7, 11) is 0. The largest absolute Gasteiger partial charge is 0.350 e. The van der Waals surface area contributed by atoms with Crippen LogP contribution in [0.15, 0.2) is 65.7 Å². The van der Waals surface area contributed by atoms with Gasteiger partial charge in [0, 0.05) is 12.7 Å². The molecule has 30 heavy (non-hydrogen) atoms. The Labute approximate surface area is 180 Å². The van der Waals surface area contributed by atoms with Crippen LogP contribution in [-0.4, -0.2) is 24.7 Å². The number of anilines is 1. The van der Waals surface area contributed by atoms with Crippen LogP contribution in [0.2, 0.25) is 10.0 Å². The zero-order valence-corrected chi connectivity index (χ0v) is 16.9. The molecule has 7 nitrogen and oxygen atoms in total. The Morgan fingerprint density at radius 1 is 1.00 bits per heavy atom. The summed E-state index contributed by atoms with van der Waals surface area (Å²) in [6.07, 6.45) is 3.20. The van der Waals surface area contributed by atoms with Crippen molar-refractivity contribution in [3.63, 3.8) is 0 Å². The maximum atomic E-state index is 13.2. The van der Waals surface area contributed by atoms with Crippen molar-refractivity contribution in [3.8, 4) is 5.69 Å². The Hall–Kier alpha value is -3.42. The Kier molecular flexibility index (Phi) is 4.61. The number of aromatic amines is 1. The van der Waals surface area contributed by atoms with Crippen LogP contribution in [0.4, 0.5) is 5.95 Å². The van der Waals surface area contributed by atoms with Gasteiger partial charge >= 0.3 is 0 Å². The molecule has 0 aliphatic heterocycles. The van der Waals surface area contributed by atoms with Gasteiger partial charge in [-0.2, -0.15) is 10.1 Å². The van der Waals surface area contributed by atoms with Crippen molar-refractivity contribution >= 4 is 51.1 Å². The van der Waals surface area contributed by atoms with E-state index in [4.69, 9.17) is 23.2 Å². The smallest absolute Gasteiger partial charge is 0.267 e. The lowest BCUT2D eigenvalue weighted by atomic mass is 10.2. The predicted molar refractivity (Wildman–Crippen MR) is 119 cm³/mol. The van der Waals surface area contributed by atoms with Gasteiger partial charge in [0.15, 0.2) is 5.65 Å². The van der Waals surface area contributed by atoms with Gasteiger partial charge in [0.1, 0.15) is 0 Å². The van der Waals surface area contributed by atoms with Gasteiger partial charge in [-0.3, -0.25) is 14.5 Å². The molecular formula is C21H14Cl2N6O. The first-order chi connectivity index (χ1) is 14.6. The third kappa shape index (κ3) is 3.18. The number of hydrogen-bond acceptors (Lipinski definition) is 5. The Bertz CT molecular complexity index is 1450. The van der Waals surface area contributed by atoms with E-state index in [2.05, 4.69) is 25.5 Å². The molecule has 0 spiro atoms. The highest BCUT2D eigenvalue weighted by molar-refractivity contribution is 6.42. The quantitative estimate of drug-likeness (QED) is 0.430. The average Bonchev–Trinajstić information content (AvgIpc) is 3.26. The zero-order chi connectivity index (χ0) is 20.7. The number of pyridine rings is 1. The lowest BCUT2D eigenvalue weighted by molar-refractivity contribution is 1.00. The van der Waals surface area contributed by atoms with Crippen LogP contribution in [0.1, 0.15) is 5.56 Å². The fourth-order valence-electron chi connectivity index (χ4n) is 3.32. The van der Waals surface area contributed by atoms with Crippen LogP contribution in [0.5, 0.6) is 0 Å². The van der Waals surface area contributed by atoms with Crippen LogP contribution >= 0.6 is 23.2 Å². The first-order valence-corrected chi connectivity index (χ1v) is 9.85. The first-order valence-electron chi connectivity index (χ1n) is 9.10. The molecule has 0 amide bonds. The summed E-state index contributed by atoms with van der Waals surface area (Å²) in [6.45, 7) is 0.449. The minimum absolute atomic E-state index is 0.202. The van der Waals surface area contributed by atoms with Crippen LogP contribution in [0.25, 0.3) is 27.6 Å². The summed E-state index contributed by atoms with van der Waals surface area (Å²) >= 11 is 12.1. The number of benzene rings is 2. The maximum absolute atomic E-state index is 13.2. The van der Waals surface area contributed by atoms with Gasteiger partial charge in [-0.15, -0.1) is 0 Å². The van der Waals surface area contributed by atoms with Crippen molar-refractivity contribution in [1.29, 1.82) is 0 Å². The molecule has 0 fully saturated rings. The van der Waals surface area contributed by atoms with E-state index in [0.717, 1.165) is 5.56 Å². The molecule has 3 aromatic heterocycles. The number of para-hydroxylation sites is 1. The summed E-state index contributed by atoms with van der Waals surface area (Å²) in [4.78, 5) is 22.2. The van der Waals surface area contributed by atoms with Crippen molar-refractivity contribution in [2.24, 2.45) is 0 Å². The van der Waals surface area contributed by atoms with Crippen molar-refractivity contribution < 1.29 is 0 Å². The van der Waals surface area contributed by atoms with Gasteiger partial charge in [-0.1, -0.05) is 47.5 Å². The number of rotatable bonds is 4. The molecule has 2 N–H and O–H groups in total. The highest BCUT2D eigenvalue weighted by Gasteiger charge is 2.16. The maximum Gasteiger partial charge on any atom is 0.267 e. The van der Waals surface area contributed by atoms with E-state index in [1.54, 1.807) is 22.9 Å². The third-order valence-corrected chi connectivity index (χ3v) is 5.51. The summed E-state index contributed by atoms with van der Waals surface area (Å²) in [5.74, 6) is 0.386. The molecule has 0 atom stereocenters. The zero-order valence-electron chi connectivity index (χ0n) is 15.4. The van der Waals surface area contributed by atoms with E-state index in [1.165, 1.54) is 6.20 Å². The Balaban J connectivity index is 1.63. The van der Waals surface area contributed by atoms with Crippen molar-refractivity contribution in [3.05, 3.63) is 86.9 Å². The Morgan fingerprint density at radius 3 is 2.63 bits per heavy atom. The highest BCUT2D eigenvalue weighted by atomic mass is 35.5. The van der Waals surface area contributed by atoms with Crippen LogP contribution in [0.3, 0.4) is 0 Å². The lowest BCUT2D eigenvalue weighted by Crippen LogP contribution is -2.20. The van der Waals surface area contributed by atoms with Crippen molar-refractivity contribution in [1.82, 2.24) is 24.7 Å². The molecule has 5 rings (SSSR count). The standard InChI is InChI=1S/C21H14Cl2N6O/c22-16-7-6-12(8-17(16)23)9-24-21-25-10-14-18-15(11-26-28-18)20(30)29(19(14)27-21)13-4-2-1-3-5-13/h1-8,10-11H,9H2,(H,26,28)(H,24,25,27). The van der Waals surface area contributed by atoms with Gasteiger partial charge in [0.2, 0.25) is 5.95 Å². The van der Waals surface area contributed by atoms with E-state index in [0.29, 0.717) is 50.2 Å². The number of nitrogens with one attached hydrogen (secondary N) is 2. The number of nitrogens with zero attached hydrogens (tertiary/aromatic N) is 4. The molecule has 0 saturated carbocycles. The molecule has 0 unspecified atom stereocenters. The predicted octanol–water partition coefficient (Wildman–Crippen LogP) is 4.58. The summed E-state index contributed by atoms with van der Waals surface area (Å²) < 4.78 is 1.57. The number of aromatic nitrogens is 5. The summed E-state index contributed by atoms with van der Waals surface area (Å²) in [6, 6.07) is 14.8. The minimum Gasteiger partial charge on any atom is -0.350 e. The summed E-state index contributed by atoms with van der Waals surface area (Å²) in [5.41, 5.74) is 2.53. The number of fused-ring (bicyclic) bond motifs is 3. The average molecular weight is 437 g/mol. The molecular weight excluding hydrogens is 423 g/mol. The number of hydrogen-bond donors (Lipinski definition) is 2. The molecule has 0 aliphatic carbocycles. The van der Waals surface area contributed by atoms with Crippen molar-refractivity contribution in [2.75, 3.05) is 5.32 Å². The van der Waals surface area contributed by atoms with Crippen LogP contribution < -0.4 is 10.9 Å². The Morgan fingerprint density at radius 2 is 1.83 bits per heavy atom. The van der Waals surface area contributed by atoms with Crippen molar-refractivity contribution in [2.45, 2.75) is 6.54 Å². The topological polar surface area (TPSA) is 88.5 Å². The van der Waals surface area contributed by atoms with Gasteiger partial charge < -0.3 is 5.32 Å². The SMILES string of the molecule is O=c1c2cn[nH]c2c2cnc(NCc3ccc(Cl)c(Cl)c3)nc2n1-c1ccccc1. The van der Waals surface area contributed by atoms with E-state index < -0.39 is 0 Å². The molecule has 0 aliphatic rings. The number of halogens is 2. The molecule has 9 heteroatoms. The monoisotopic (exact) mass is 436 g/mol. The highest BCUT2D eigenvalue weighted by Crippen LogP contribution is 2.24. The molecule has 3 heterocycles. The molecule has 5 aromatic rings. The lowest BCUT2D eigenvalue weighted by Gasteiger charge is -2.12. The van der Waals surface area contributed by atoms with E-state index in [1.807, 2.05) is 36.4 Å². The fraction of sp³-hybridized carbons (Fsp3) is 0.0476. The van der Waals surface area contributed by atoms with Crippen LogP contribution in [-0.2, 0) is 6.54 Å². The molecule has 148 valence electrons. The second-order valence-corrected chi connectivity index (χ2v) is 7.48. The number of H-pyrrole nitrogens is 1. The van der Waals surface area contributed by atoms with Gasteiger partial charge in [-0.05, 0) is 29.8 Å². The van der Waals surface area contributed by atoms with Gasteiger partial charge in [0.25, 0.3) is 5.56 Å². The molecule has 2 aromatic carbocycles. The normalized spacial score (nSPS) is 11.3. The molecule has 0 radical (unpaired) electrons. The van der Waals surface area contributed by atoms with Crippen LogP contribution in [0, 0.1) is 0 Å².